The summed E-state index contributed by atoms with van der Waals surface area (Å²) >= 11 is 3.27. The van der Waals surface area contributed by atoms with Gasteiger partial charge in [0.25, 0.3) is 0 Å². The molecule has 1 aromatic carbocycles. The zero-order valence-electron chi connectivity index (χ0n) is 15.8. The molecule has 8 heteroatoms. The Balaban J connectivity index is 1.28. The van der Waals surface area contributed by atoms with Gasteiger partial charge in [-0.1, -0.05) is 23.4 Å². The predicted molar refractivity (Wildman–Crippen MR) is 114 cm³/mol. The molecule has 6 nitrogen and oxygen atoms in total. The van der Waals surface area contributed by atoms with E-state index in [-0.39, 0.29) is 11.9 Å². The number of rotatable bonds is 5. The van der Waals surface area contributed by atoms with Crippen molar-refractivity contribution in [2.45, 2.75) is 38.1 Å². The Labute approximate surface area is 176 Å². The number of hydrogen-bond acceptors (Lipinski definition) is 7. The van der Waals surface area contributed by atoms with Gasteiger partial charge in [-0.2, -0.15) is 4.98 Å². The van der Waals surface area contributed by atoms with Crippen LogP contribution >= 0.6 is 22.7 Å². The van der Waals surface area contributed by atoms with Crippen LogP contribution in [0.3, 0.4) is 0 Å². The smallest absolute Gasteiger partial charge is 0.227 e. The molecular formula is C21H20N4O2S2. The second kappa shape index (κ2) is 8.04. The minimum Gasteiger partial charge on any atom is -0.339 e. The summed E-state index contributed by atoms with van der Waals surface area (Å²) in [4.78, 5) is 25.2. The lowest BCUT2D eigenvalue weighted by molar-refractivity contribution is -0.135. The topological polar surface area (TPSA) is 72.1 Å². The molecule has 1 saturated heterocycles. The van der Waals surface area contributed by atoms with E-state index >= 15 is 0 Å². The third kappa shape index (κ3) is 3.82. The van der Waals surface area contributed by atoms with E-state index in [1.54, 1.807) is 22.7 Å². The van der Waals surface area contributed by atoms with Crippen LogP contribution in [-0.2, 0) is 11.2 Å². The van der Waals surface area contributed by atoms with Gasteiger partial charge in [-0.25, -0.2) is 4.98 Å². The molecule has 0 bridgehead atoms. The van der Waals surface area contributed by atoms with Crippen molar-refractivity contribution in [2.24, 2.45) is 0 Å². The lowest BCUT2D eigenvalue weighted by atomic mass is 10.0. The summed E-state index contributed by atoms with van der Waals surface area (Å²) in [5.41, 5.74) is 1.01. The van der Waals surface area contributed by atoms with Crippen molar-refractivity contribution >= 4 is 38.8 Å². The highest BCUT2D eigenvalue weighted by atomic mass is 32.1. The standard InChI is InChI=1S/C21H20N4O2S2/c26-19(11-10-18-23-20(24-27-18)17-9-5-13-28-17)25-12-4-3-7-15(25)21-22-14-6-1-2-8-16(14)29-21/h1-2,5-6,8-9,13,15H,3-4,7,10-12H2. The first-order chi connectivity index (χ1) is 14.3. The lowest BCUT2D eigenvalue weighted by Crippen LogP contribution is -2.38. The van der Waals surface area contributed by atoms with E-state index in [2.05, 4.69) is 16.2 Å². The van der Waals surface area contributed by atoms with Gasteiger partial charge in [0.1, 0.15) is 5.01 Å². The highest BCUT2D eigenvalue weighted by molar-refractivity contribution is 7.18. The summed E-state index contributed by atoms with van der Waals surface area (Å²) < 4.78 is 6.52. The van der Waals surface area contributed by atoms with E-state index in [4.69, 9.17) is 9.51 Å². The molecule has 1 atom stereocenters. The quantitative estimate of drug-likeness (QED) is 0.446. The zero-order chi connectivity index (χ0) is 19.6. The Morgan fingerprint density at radius 1 is 1.17 bits per heavy atom. The number of aromatic nitrogens is 3. The van der Waals surface area contributed by atoms with Gasteiger partial charge >= 0.3 is 0 Å². The maximum Gasteiger partial charge on any atom is 0.227 e. The summed E-state index contributed by atoms with van der Waals surface area (Å²) in [5, 5.41) is 7.05. The number of carbonyl (C=O) groups excluding carboxylic acids is 1. The number of aryl methyl sites for hydroxylation is 1. The number of para-hydroxylation sites is 1. The Kier molecular flexibility index (Phi) is 5.12. The monoisotopic (exact) mass is 424 g/mol. The number of fused-ring (bicyclic) bond motifs is 1. The first-order valence-electron chi connectivity index (χ1n) is 9.79. The number of nitrogens with zero attached hydrogens (tertiary/aromatic N) is 4. The van der Waals surface area contributed by atoms with Crippen molar-refractivity contribution in [1.29, 1.82) is 0 Å². The molecule has 0 aliphatic carbocycles. The van der Waals surface area contributed by atoms with Crippen molar-refractivity contribution in [3.8, 4) is 10.7 Å². The van der Waals surface area contributed by atoms with Gasteiger partial charge in [0, 0.05) is 19.4 Å². The van der Waals surface area contributed by atoms with Gasteiger partial charge < -0.3 is 9.42 Å². The van der Waals surface area contributed by atoms with E-state index in [0.29, 0.717) is 24.6 Å². The molecule has 1 aliphatic heterocycles. The summed E-state index contributed by atoms with van der Waals surface area (Å²) in [7, 11) is 0. The van der Waals surface area contributed by atoms with Crippen molar-refractivity contribution < 1.29 is 9.32 Å². The van der Waals surface area contributed by atoms with Crippen LogP contribution in [0.4, 0.5) is 0 Å². The summed E-state index contributed by atoms with van der Waals surface area (Å²) in [6.45, 7) is 0.781. The summed E-state index contributed by atoms with van der Waals surface area (Å²) in [5.74, 6) is 1.23. The van der Waals surface area contributed by atoms with Crippen LogP contribution in [0, 0.1) is 0 Å². The maximum atomic E-state index is 13.0. The van der Waals surface area contributed by atoms with Gasteiger partial charge in [0.2, 0.25) is 17.6 Å². The van der Waals surface area contributed by atoms with Gasteiger partial charge in [-0.05, 0) is 42.8 Å². The molecule has 4 aromatic rings. The zero-order valence-corrected chi connectivity index (χ0v) is 17.4. The van der Waals surface area contributed by atoms with Crippen LogP contribution in [-0.4, -0.2) is 32.5 Å². The van der Waals surface area contributed by atoms with E-state index in [9.17, 15) is 4.79 Å². The Bertz CT molecular complexity index is 1090. The first kappa shape index (κ1) is 18.4. The average molecular weight is 425 g/mol. The number of piperidine rings is 1. The van der Waals surface area contributed by atoms with Crippen LogP contribution in [0.15, 0.2) is 46.3 Å². The average Bonchev–Trinajstić information content (AvgIpc) is 3.52. The molecule has 1 fully saturated rings. The number of benzene rings is 1. The van der Waals surface area contributed by atoms with Crippen molar-refractivity contribution in [3.63, 3.8) is 0 Å². The molecule has 148 valence electrons. The van der Waals surface area contributed by atoms with Gasteiger partial charge in [0.15, 0.2) is 0 Å². The highest BCUT2D eigenvalue weighted by Crippen LogP contribution is 2.36. The van der Waals surface area contributed by atoms with Crippen molar-refractivity contribution in [3.05, 3.63) is 52.7 Å². The largest absolute Gasteiger partial charge is 0.339 e. The van der Waals surface area contributed by atoms with Crippen molar-refractivity contribution in [1.82, 2.24) is 20.0 Å². The fraction of sp³-hybridized carbons (Fsp3) is 0.333. The normalized spacial score (nSPS) is 17.1. The Hall–Kier alpha value is -2.58. The predicted octanol–water partition coefficient (Wildman–Crippen LogP) is 5.09. The van der Waals surface area contributed by atoms with E-state index in [1.165, 1.54) is 4.70 Å². The summed E-state index contributed by atoms with van der Waals surface area (Å²) in [6.07, 6.45) is 3.96. The molecular weight excluding hydrogens is 404 g/mol. The van der Waals surface area contributed by atoms with Gasteiger partial charge in [0.05, 0.1) is 21.1 Å². The third-order valence-corrected chi connectivity index (χ3v) is 7.18. The summed E-state index contributed by atoms with van der Waals surface area (Å²) in [6, 6.07) is 12.1. The van der Waals surface area contributed by atoms with Gasteiger partial charge in [-0.3, -0.25) is 4.79 Å². The van der Waals surface area contributed by atoms with Gasteiger partial charge in [-0.15, -0.1) is 22.7 Å². The number of carbonyl (C=O) groups is 1. The van der Waals surface area contributed by atoms with Crippen LogP contribution in [0.25, 0.3) is 20.9 Å². The number of thiophene rings is 1. The van der Waals surface area contributed by atoms with E-state index in [0.717, 1.165) is 41.2 Å². The molecule has 0 saturated carbocycles. The van der Waals surface area contributed by atoms with Crippen LogP contribution < -0.4 is 0 Å². The molecule has 0 N–H and O–H groups in total. The lowest BCUT2D eigenvalue weighted by Gasteiger charge is -2.34. The minimum atomic E-state index is 0.0676. The number of likely N-dealkylation sites (tertiary alicyclic amines) is 1. The van der Waals surface area contributed by atoms with Crippen LogP contribution in [0.2, 0.25) is 0 Å². The third-order valence-electron chi connectivity index (χ3n) is 5.18. The van der Waals surface area contributed by atoms with Crippen LogP contribution in [0.5, 0.6) is 0 Å². The SMILES string of the molecule is O=C(CCc1nc(-c2cccs2)no1)N1CCCCC1c1nc2ccccc2s1. The fourth-order valence-corrected chi connectivity index (χ4v) is 5.50. The van der Waals surface area contributed by atoms with E-state index in [1.807, 2.05) is 40.6 Å². The molecule has 5 rings (SSSR count). The Morgan fingerprint density at radius 3 is 2.97 bits per heavy atom. The second-order valence-corrected chi connectivity index (χ2v) is 9.12. The molecule has 0 radical (unpaired) electrons. The first-order valence-corrected chi connectivity index (χ1v) is 11.5. The molecule has 1 amide bonds. The Morgan fingerprint density at radius 2 is 2.10 bits per heavy atom. The number of hydrogen-bond donors (Lipinski definition) is 0. The minimum absolute atomic E-state index is 0.0676. The van der Waals surface area contributed by atoms with Crippen molar-refractivity contribution in [2.75, 3.05) is 6.54 Å². The molecule has 1 unspecified atom stereocenters. The molecule has 1 aliphatic rings. The van der Waals surface area contributed by atoms with E-state index < -0.39 is 0 Å². The fourth-order valence-electron chi connectivity index (χ4n) is 3.74. The molecule has 0 spiro atoms. The highest BCUT2D eigenvalue weighted by Gasteiger charge is 2.30. The maximum absolute atomic E-state index is 13.0. The molecule has 4 heterocycles. The van der Waals surface area contributed by atoms with Crippen LogP contribution in [0.1, 0.15) is 42.6 Å². The number of amides is 1. The number of thiazole rings is 1. The second-order valence-electron chi connectivity index (χ2n) is 7.11. The molecule has 3 aromatic heterocycles. The molecule has 29 heavy (non-hydrogen) atoms.